The number of likely N-dealkylation sites (N-methyl/N-ethyl adjacent to an activating group) is 1. The number of amides is 2. The lowest BCUT2D eigenvalue weighted by Crippen LogP contribution is -2.45. The van der Waals surface area contributed by atoms with E-state index in [1.54, 1.807) is 30.0 Å². The summed E-state index contributed by atoms with van der Waals surface area (Å²) in [6, 6.07) is -0.483. The second-order valence-electron chi connectivity index (χ2n) is 9.75. The molecule has 0 bridgehead atoms. The Kier molecular flexibility index (Phi) is 52.9. The first-order valence-corrected chi connectivity index (χ1v) is 17.3. The standard InChI is InChI=1S/C15H27N3O2.C10H16.C3H8.C2H4O2.3C2H6.C2H4/c1-11(2)13(16)15(20)17(4)10-7-12(3)14(19)18-8-5-6-9-18;1-3-6-10-8-5-7-9(10)4-2;1-3-2;1-4-2-3;4*1-2/h7,11,13H,5-6,8-10,16H2,1-4H3;3,6H,4-5,7-8H2,1-2H3;3H2,1-2H3;2H,1H3;3*1-2H3;1-2H2/b12-7+;6-3-;;;;;;. The zero-order chi connectivity index (χ0) is 36.8. The summed E-state index contributed by atoms with van der Waals surface area (Å²) in [4.78, 5) is 36.5. The monoisotopic (exact) mass is 640 g/mol. The van der Waals surface area contributed by atoms with E-state index in [-0.39, 0.29) is 17.7 Å². The van der Waals surface area contributed by atoms with Crippen LogP contribution in [-0.2, 0) is 19.1 Å². The van der Waals surface area contributed by atoms with E-state index in [9.17, 15) is 9.59 Å². The van der Waals surface area contributed by atoms with Gasteiger partial charge in [0.25, 0.3) is 6.47 Å². The summed E-state index contributed by atoms with van der Waals surface area (Å²) in [6.07, 6.45) is 14.9. The van der Waals surface area contributed by atoms with Gasteiger partial charge in [0.05, 0.1) is 13.2 Å². The smallest absolute Gasteiger partial charge is 0.292 e. The van der Waals surface area contributed by atoms with E-state index in [0.717, 1.165) is 25.9 Å². The Hall–Kier alpha value is -2.67. The number of hydrogen-bond acceptors (Lipinski definition) is 5. The number of rotatable bonds is 8. The molecule has 268 valence electrons. The van der Waals surface area contributed by atoms with Crippen LogP contribution in [0.2, 0.25) is 0 Å². The highest BCUT2D eigenvalue weighted by Gasteiger charge is 2.22. The molecule has 0 aromatic carbocycles. The number of carbonyl (C=O) groups is 3. The molecular formula is C38H77N3O4. The van der Waals surface area contributed by atoms with Crippen LogP contribution in [-0.4, -0.2) is 67.9 Å². The third-order valence-corrected chi connectivity index (χ3v) is 6.05. The number of nitrogens with zero attached hydrogens (tertiary/aromatic N) is 2. The number of hydrogen-bond donors (Lipinski definition) is 1. The molecule has 1 aliphatic carbocycles. The van der Waals surface area contributed by atoms with Gasteiger partial charge in [0.2, 0.25) is 11.8 Å². The number of nitrogens with two attached hydrogens (primary N) is 1. The molecule has 45 heavy (non-hydrogen) atoms. The number of allylic oxidation sites excluding steroid dienone is 4. The van der Waals surface area contributed by atoms with Gasteiger partial charge in [0, 0.05) is 32.3 Å². The normalized spacial score (nSPS) is 13.4. The molecule has 1 unspecified atom stereocenters. The largest absolute Gasteiger partial charge is 0.471 e. The average molecular weight is 640 g/mol. The Morgan fingerprint density at radius 3 is 1.78 bits per heavy atom. The van der Waals surface area contributed by atoms with Crippen LogP contribution in [0.15, 0.2) is 48.1 Å². The molecule has 2 N–H and O–H groups in total. The van der Waals surface area contributed by atoms with Crippen LogP contribution < -0.4 is 5.73 Å². The van der Waals surface area contributed by atoms with Gasteiger partial charge in [0.1, 0.15) is 0 Å². The predicted molar refractivity (Wildman–Crippen MR) is 200 cm³/mol. The molecule has 1 fully saturated rings. The van der Waals surface area contributed by atoms with Crippen molar-refractivity contribution < 1.29 is 19.1 Å². The molecule has 1 atom stereocenters. The van der Waals surface area contributed by atoms with E-state index in [1.165, 1.54) is 39.2 Å². The van der Waals surface area contributed by atoms with Crippen molar-refractivity contribution in [2.24, 2.45) is 11.7 Å². The summed E-state index contributed by atoms with van der Waals surface area (Å²) >= 11 is 0. The molecule has 0 aromatic rings. The maximum Gasteiger partial charge on any atom is 0.292 e. The Labute approximate surface area is 281 Å². The van der Waals surface area contributed by atoms with Crippen molar-refractivity contribution in [1.82, 2.24) is 9.80 Å². The highest BCUT2D eigenvalue weighted by molar-refractivity contribution is 5.93. The summed E-state index contributed by atoms with van der Waals surface area (Å²) in [5.74, 6) is 0.107. The lowest BCUT2D eigenvalue weighted by atomic mass is 10.0. The van der Waals surface area contributed by atoms with E-state index in [0.29, 0.717) is 18.6 Å². The van der Waals surface area contributed by atoms with Gasteiger partial charge >= 0.3 is 0 Å². The van der Waals surface area contributed by atoms with Crippen molar-refractivity contribution in [3.05, 3.63) is 48.1 Å². The van der Waals surface area contributed by atoms with Crippen molar-refractivity contribution in [2.45, 2.75) is 141 Å². The van der Waals surface area contributed by atoms with Gasteiger partial charge in [-0.2, -0.15) is 0 Å². The fourth-order valence-electron chi connectivity index (χ4n) is 3.80. The minimum Gasteiger partial charge on any atom is -0.471 e. The Morgan fingerprint density at radius 1 is 0.978 bits per heavy atom. The third-order valence-electron chi connectivity index (χ3n) is 6.05. The minimum atomic E-state index is -0.483. The summed E-state index contributed by atoms with van der Waals surface area (Å²) in [5.41, 5.74) is 9.82. The van der Waals surface area contributed by atoms with E-state index in [1.807, 2.05) is 66.4 Å². The van der Waals surface area contributed by atoms with Crippen LogP contribution >= 0.6 is 0 Å². The van der Waals surface area contributed by atoms with Crippen LogP contribution in [0.3, 0.4) is 0 Å². The molecule has 0 radical (unpaired) electrons. The molecular weight excluding hydrogens is 562 g/mol. The van der Waals surface area contributed by atoms with Gasteiger partial charge in [-0.3, -0.25) is 14.4 Å². The molecule has 7 nitrogen and oxygen atoms in total. The van der Waals surface area contributed by atoms with Crippen LogP contribution in [0.1, 0.15) is 135 Å². The lowest BCUT2D eigenvalue weighted by molar-refractivity contribution is -0.132. The number of likely N-dealkylation sites (tertiary alicyclic amines) is 1. The SMILES string of the molecule is C/C(=C\CN(C)C(=O)C(N)C(C)C)C(=O)N1CCCC1.C/C=C\C1=C(CC)CCC1.C=C.CC.CC.CC.CCC.COC=O. The van der Waals surface area contributed by atoms with Crippen molar-refractivity contribution in [3.63, 3.8) is 0 Å². The quantitative estimate of drug-likeness (QED) is 0.162. The average Bonchev–Trinajstić information content (AvgIpc) is 3.80. The molecule has 2 amide bonds. The third kappa shape index (κ3) is 31.1. The molecule has 0 saturated carbocycles. The van der Waals surface area contributed by atoms with Crippen molar-refractivity contribution >= 4 is 18.3 Å². The number of methoxy groups -OCH3 is 1. The first kappa shape index (κ1) is 54.8. The second-order valence-corrected chi connectivity index (χ2v) is 9.75. The highest BCUT2D eigenvalue weighted by Crippen LogP contribution is 2.28. The zero-order valence-corrected chi connectivity index (χ0v) is 32.6. The van der Waals surface area contributed by atoms with Crippen LogP contribution in [0.25, 0.3) is 0 Å². The fourth-order valence-corrected chi connectivity index (χ4v) is 3.80. The Bertz CT molecular complexity index is 752. The maximum absolute atomic E-state index is 12.1. The summed E-state index contributed by atoms with van der Waals surface area (Å²) in [5, 5.41) is 0. The predicted octanol–water partition coefficient (Wildman–Crippen LogP) is 9.54. The van der Waals surface area contributed by atoms with Crippen molar-refractivity contribution in [2.75, 3.05) is 33.8 Å². The lowest BCUT2D eigenvalue weighted by Gasteiger charge is -2.22. The molecule has 1 aliphatic heterocycles. The second kappa shape index (κ2) is 43.5. The molecule has 2 aliphatic rings. The summed E-state index contributed by atoms with van der Waals surface area (Å²) < 4.78 is 3.86. The minimum absolute atomic E-state index is 0.0801. The van der Waals surface area contributed by atoms with Gasteiger partial charge in [-0.25, -0.2) is 0 Å². The molecule has 0 spiro atoms. The van der Waals surface area contributed by atoms with Crippen LogP contribution in [0.4, 0.5) is 0 Å². The topological polar surface area (TPSA) is 92.9 Å². The number of carbonyl (C=O) groups excluding carboxylic acids is 3. The van der Waals surface area contributed by atoms with Crippen LogP contribution in [0.5, 0.6) is 0 Å². The van der Waals surface area contributed by atoms with E-state index in [4.69, 9.17) is 10.5 Å². The van der Waals surface area contributed by atoms with Gasteiger partial charge < -0.3 is 20.3 Å². The van der Waals surface area contributed by atoms with E-state index in [2.05, 4.69) is 57.7 Å². The van der Waals surface area contributed by atoms with Gasteiger partial charge in [-0.05, 0) is 63.9 Å². The zero-order valence-electron chi connectivity index (χ0n) is 32.6. The van der Waals surface area contributed by atoms with E-state index >= 15 is 0 Å². The molecule has 0 aromatic heterocycles. The first-order valence-electron chi connectivity index (χ1n) is 17.3. The highest BCUT2D eigenvalue weighted by atomic mass is 16.5. The van der Waals surface area contributed by atoms with Crippen LogP contribution in [0, 0.1) is 5.92 Å². The van der Waals surface area contributed by atoms with Gasteiger partial charge in [-0.1, -0.05) is 106 Å². The fraction of sp³-hybridized carbons (Fsp3) is 0.711. The van der Waals surface area contributed by atoms with Crippen molar-refractivity contribution in [1.29, 1.82) is 0 Å². The molecule has 1 heterocycles. The summed E-state index contributed by atoms with van der Waals surface area (Å²) in [7, 11) is 3.03. The van der Waals surface area contributed by atoms with Crippen molar-refractivity contribution in [3.8, 4) is 0 Å². The Balaban J connectivity index is -0.000000127. The maximum atomic E-state index is 12.1. The molecule has 1 saturated heterocycles. The molecule has 7 heteroatoms. The summed E-state index contributed by atoms with van der Waals surface area (Å²) in [6.45, 7) is 34.7. The number of ether oxygens (including phenoxy) is 1. The van der Waals surface area contributed by atoms with Gasteiger partial charge in [0.15, 0.2) is 0 Å². The Morgan fingerprint density at radius 2 is 1.42 bits per heavy atom. The van der Waals surface area contributed by atoms with Gasteiger partial charge in [-0.15, -0.1) is 13.2 Å². The first-order chi connectivity index (χ1) is 21.6. The van der Waals surface area contributed by atoms with E-state index < -0.39 is 6.04 Å². The molecule has 2 rings (SSSR count).